The summed E-state index contributed by atoms with van der Waals surface area (Å²) in [5, 5.41) is 31.9. The van der Waals surface area contributed by atoms with Gasteiger partial charge >= 0.3 is 0 Å². The number of carbonyl (C=O) groups excluding carboxylic acids is 1. The molecule has 0 radical (unpaired) electrons. The predicted molar refractivity (Wildman–Crippen MR) is 171 cm³/mol. The highest BCUT2D eigenvalue weighted by Crippen LogP contribution is 2.34. The first-order valence-corrected chi connectivity index (χ1v) is 15.3. The molecule has 0 bridgehead atoms. The zero-order valence-corrected chi connectivity index (χ0v) is 24.9. The summed E-state index contributed by atoms with van der Waals surface area (Å²) in [5.74, 6) is 0.448. The number of carbonyl (C=O) groups is 1. The third-order valence-corrected chi connectivity index (χ3v) is 9.09. The van der Waals surface area contributed by atoms with Crippen molar-refractivity contribution in [2.45, 2.75) is 50.0 Å². The van der Waals surface area contributed by atoms with E-state index in [-0.39, 0.29) is 17.9 Å². The maximum absolute atomic E-state index is 13.7. The number of rotatable bonds is 11. The van der Waals surface area contributed by atoms with Crippen molar-refractivity contribution in [3.8, 4) is 11.1 Å². The summed E-state index contributed by atoms with van der Waals surface area (Å²) < 4.78 is 0. The van der Waals surface area contributed by atoms with Gasteiger partial charge in [0.15, 0.2) is 0 Å². The number of aliphatic hydroxyl groups excluding tert-OH is 1. The second-order valence-electron chi connectivity index (χ2n) is 11.9. The van der Waals surface area contributed by atoms with Crippen LogP contribution in [0.15, 0.2) is 90.3 Å². The van der Waals surface area contributed by atoms with Gasteiger partial charge in [-0.15, -0.1) is 0 Å². The van der Waals surface area contributed by atoms with Crippen molar-refractivity contribution in [2.75, 3.05) is 25.5 Å². The van der Waals surface area contributed by atoms with Crippen LogP contribution >= 0.6 is 0 Å². The summed E-state index contributed by atoms with van der Waals surface area (Å²) in [5.41, 5.74) is 14.3. The SMILES string of the molecule is CNc1ccc(CNC(=O)[C@@H]2C[C@@H](Cc3ccc(-c4cn[nH]c4)cc3)CN2C(O)[C@H]2C[C@@H](c3ccccc3)CN2)cc1N=N. The van der Waals surface area contributed by atoms with Gasteiger partial charge in [0.05, 0.1) is 17.9 Å². The van der Waals surface area contributed by atoms with E-state index in [2.05, 4.69) is 79.8 Å². The lowest BCUT2D eigenvalue weighted by Gasteiger charge is -2.32. The van der Waals surface area contributed by atoms with Crippen molar-refractivity contribution in [1.82, 2.24) is 25.7 Å². The van der Waals surface area contributed by atoms with Gasteiger partial charge in [0, 0.05) is 44.5 Å². The molecule has 4 aromatic rings. The number of hydrogen-bond acceptors (Lipinski definition) is 8. The topological polar surface area (TPSA) is 142 Å². The van der Waals surface area contributed by atoms with Crippen molar-refractivity contribution in [3.05, 3.63) is 102 Å². The van der Waals surface area contributed by atoms with Crippen LogP contribution in [0, 0.1) is 11.4 Å². The molecule has 10 heteroatoms. The molecule has 0 spiro atoms. The number of anilines is 1. The van der Waals surface area contributed by atoms with Crippen LogP contribution in [0.1, 0.15) is 35.4 Å². The predicted octanol–water partition coefficient (Wildman–Crippen LogP) is 4.79. The number of aromatic nitrogens is 2. The number of aliphatic hydroxyl groups is 1. The number of aromatic amines is 1. The Morgan fingerprint density at radius 2 is 1.89 bits per heavy atom. The van der Waals surface area contributed by atoms with Gasteiger partial charge in [-0.2, -0.15) is 10.2 Å². The maximum Gasteiger partial charge on any atom is 0.237 e. The number of amides is 1. The molecule has 2 aliphatic rings. The Morgan fingerprint density at radius 1 is 1.09 bits per heavy atom. The highest BCUT2D eigenvalue weighted by atomic mass is 16.3. The van der Waals surface area contributed by atoms with E-state index in [0.29, 0.717) is 31.1 Å². The first-order chi connectivity index (χ1) is 21.5. The van der Waals surface area contributed by atoms with Gasteiger partial charge in [0.25, 0.3) is 0 Å². The monoisotopic (exact) mass is 592 g/mol. The average Bonchev–Trinajstić information content (AvgIpc) is 3.86. The van der Waals surface area contributed by atoms with E-state index in [4.69, 9.17) is 5.53 Å². The molecule has 0 saturated carbocycles. The van der Waals surface area contributed by atoms with Crippen LogP contribution < -0.4 is 16.0 Å². The minimum atomic E-state index is -0.781. The molecular formula is C34H40N8O2. The van der Waals surface area contributed by atoms with Crippen molar-refractivity contribution >= 4 is 17.3 Å². The van der Waals surface area contributed by atoms with Crippen molar-refractivity contribution in [3.63, 3.8) is 0 Å². The fourth-order valence-corrected chi connectivity index (χ4v) is 6.73. The van der Waals surface area contributed by atoms with Crippen LogP contribution in [0.4, 0.5) is 11.4 Å². The lowest BCUT2D eigenvalue weighted by atomic mass is 9.95. The Bertz CT molecular complexity index is 1540. The molecule has 10 nitrogen and oxygen atoms in total. The zero-order valence-electron chi connectivity index (χ0n) is 24.9. The molecule has 1 amide bonds. The van der Waals surface area contributed by atoms with Crippen LogP contribution in [-0.2, 0) is 17.8 Å². The van der Waals surface area contributed by atoms with Crippen LogP contribution in [0.25, 0.3) is 11.1 Å². The van der Waals surface area contributed by atoms with Gasteiger partial charge in [-0.25, -0.2) is 5.53 Å². The molecule has 228 valence electrons. The molecule has 3 heterocycles. The fraction of sp³-hybridized carbons (Fsp3) is 0.353. The molecule has 1 aromatic heterocycles. The summed E-state index contributed by atoms with van der Waals surface area (Å²) in [6.45, 7) is 1.76. The number of likely N-dealkylation sites (tertiary alicyclic amines) is 1. The van der Waals surface area contributed by atoms with Crippen LogP contribution in [0.3, 0.4) is 0 Å². The Kier molecular flexibility index (Phi) is 9.11. The Labute approximate surface area is 257 Å². The van der Waals surface area contributed by atoms with Gasteiger partial charge in [0.1, 0.15) is 11.9 Å². The molecule has 3 aromatic carbocycles. The van der Waals surface area contributed by atoms with Crippen molar-refractivity contribution < 1.29 is 9.90 Å². The summed E-state index contributed by atoms with van der Waals surface area (Å²) >= 11 is 0. The lowest BCUT2D eigenvalue weighted by molar-refractivity contribution is -0.130. The molecule has 44 heavy (non-hydrogen) atoms. The number of benzene rings is 3. The van der Waals surface area contributed by atoms with E-state index in [1.807, 2.05) is 41.6 Å². The van der Waals surface area contributed by atoms with E-state index in [1.54, 1.807) is 7.05 Å². The zero-order chi connectivity index (χ0) is 30.5. The summed E-state index contributed by atoms with van der Waals surface area (Å²) in [6.07, 6.45) is 5.21. The number of nitrogens with one attached hydrogen (secondary N) is 5. The smallest absolute Gasteiger partial charge is 0.237 e. The second kappa shape index (κ2) is 13.5. The Morgan fingerprint density at radius 3 is 2.61 bits per heavy atom. The van der Waals surface area contributed by atoms with Gasteiger partial charge in [0.2, 0.25) is 5.91 Å². The minimum absolute atomic E-state index is 0.0958. The molecule has 2 fully saturated rings. The molecule has 6 N–H and O–H groups in total. The van der Waals surface area contributed by atoms with E-state index in [1.165, 1.54) is 11.1 Å². The van der Waals surface area contributed by atoms with Gasteiger partial charge in [-0.3, -0.25) is 14.8 Å². The first-order valence-electron chi connectivity index (χ1n) is 15.3. The normalized spacial score (nSPS) is 22.5. The largest absolute Gasteiger partial charge is 0.386 e. The second-order valence-corrected chi connectivity index (χ2v) is 11.9. The molecule has 1 unspecified atom stereocenters. The molecule has 5 atom stereocenters. The van der Waals surface area contributed by atoms with E-state index in [9.17, 15) is 9.90 Å². The molecule has 0 aliphatic carbocycles. The van der Waals surface area contributed by atoms with Gasteiger partial charge in [-0.1, -0.05) is 60.7 Å². The van der Waals surface area contributed by atoms with E-state index in [0.717, 1.165) is 41.8 Å². The number of H-pyrrole nitrogens is 1. The standard InChI is InChI=1S/C34H40N8O2/c1-36-29-12-9-23(14-30(29)41-35)17-38-33(43)32-15-24(13-22-7-10-26(11-8-22)28-19-39-40-20-28)21-42(32)34(44)31-16-27(18-37-31)25-5-3-2-4-6-25/h2-12,14,19-20,24,27,31-32,34-37,44H,13,15-18,21H2,1H3,(H,38,43)(H,39,40)/t24-,27-,31-,32+,34?/m1/s1. The van der Waals surface area contributed by atoms with Crippen LogP contribution in [0.2, 0.25) is 0 Å². The lowest BCUT2D eigenvalue weighted by Crippen LogP contribution is -2.53. The third kappa shape index (κ3) is 6.57. The minimum Gasteiger partial charge on any atom is -0.386 e. The summed E-state index contributed by atoms with van der Waals surface area (Å²) in [4.78, 5) is 15.7. The maximum atomic E-state index is 13.7. The van der Waals surface area contributed by atoms with E-state index >= 15 is 0 Å². The Hall–Kier alpha value is -4.38. The van der Waals surface area contributed by atoms with Crippen LogP contribution in [0.5, 0.6) is 0 Å². The van der Waals surface area contributed by atoms with E-state index < -0.39 is 12.3 Å². The Balaban J connectivity index is 1.16. The average molecular weight is 593 g/mol. The highest BCUT2D eigenvalue weighted by Gasteiger charge is 2.43. The van der Waals surface area contributed by atoms with Gasteiger partial charge < -0.3 is 21.1 Å². The van der Waals surface area contributed by atoms with Crippen molar-refractivity contribution in [2.24, 2.45) is 11.0 Å². The molecule has 6 rings (SSSR count). The first kappa shape index (κ1) is 29.7. The number of hydrogen-bond donors (Lipinski definition) is 6. The highest BCUT2D eigenvalue weighted by molar-refractivity contribution is 5.82. The van der Waals surface area contributed by atoms with Crippen molar-refractivity contribution in [1.29, 1.82) is 5.53 Å². The fourth-order valence-electron chi connectivity index (χ4n) is 6.73. The van der Waals surface area contributed by atoms with Crippen LogP contribution in [-0.4, -0.2) is 64.6 Å². The summed E-state index contributed by atoms with van der Waals surface area (Å²) in [6, 6.07) is 23.9. The molecule has 2 saturated heterocycles. The third-order valence-electron chi connectivity index (χ3n) is 9.09. The summed E-state index contributed by atoms with van der Waals surface area (Å²) in [7, 11) is 1.79. The number of nitrogens with zero attached hydrogens (tertiary/aromatic N) is 3. The quantitative estimate of drug-likeness (QED) is 0.138. The van der Waals surface area contributed by atoms with Gasteiger partial charge in [-0.05, 0) is 65.5 Å². The molecule has 2 aliphatic heterocycles. The molecular weight excluding hydrogens is 552 g/mol.